The summed E-state index contributed by atoms with van der Waals surface area (Å²) in [6.07, 6.45) is 0.108. The summed E-state index contributed by atoms with van der Waals surface area (Å²) in [6.45, 7) is 0. The van der Waals surface area contributed by atoms with Crippen LogP contribution in [0.25, 0.3) is 0 Å². The van der Waals surface area contributed by atoms with E-state index in [1.54, 1.807) is 24.3 Å². The molecule has 2 aromatic rings. The molecule has 0 fully saturated rings. The number of nitrogens with one attached hydrogen (secondary N) is 1. The van der Waals surface area contributed by atoms with Crippen molar-refractivity contribution in [2.24, 2.45) is 0 Å². The molecule has 0 radical (unpaired) electrons. The fourth-order valence-corrected chi connectivity index (χ4v) is 2.26. The third-order valence-corrected chi connectivity index (χ3v) is 3.40. The average molecular weight is 254 g/mol. The summed E-state index contributed by atoms with van der Waals surface area (Å²) in [5.74, 6) is 0.0244. The lowest BCUT2D eigenvalue weighted by atomic mass is 10.1. The molecule has 0 amide bonds. The smallest absolute Gasteiger partial charge is 0.275 e. The van der Waals surface area contributed by atoms with E-state index >= 15 is 0 Å². The fourth-order valence-electron chi connectivity index (χ4n) is 1.47. The molecule has 1 aromatic carbocycles. The van der Waals surface area contributed by atoms with Crippen LogP contribution in [0, 0.1) is 0 Å². The molecule has 0 saturated carbocycles. The number of aromatic nitrogens is 4. The first-order chi connectivity index (χ1) is 8.07. The van der Waals surface area contributed by atoms with Crippen molar-refractivity contribution in [3.05, 3.63) is 41.7 Å². The molecule has 2 N–H and O–H groups in total. The molecule has 1 heterocycles. The first-order valence-corrected chi connectivity index (χ1v) is 6.31. The summed E-state index contributed by atoms with van der Waals surface area (Å²) in [7, 11) is -4.26. The van der Waals surface area contributed by atoms with Gasteiger partial charge in [-0.25, -0.2) is 5.10 Å². The van der Waals surface area contributed by atoms with Gasteiger partial charge in [-0.2, -0.15) is 8.42 Å². The average Bonchev–Trinajstić information content (AvgIpc) is 2.79. The first-order valence-electron chi connectivity index (χ1n) is 4.81. The van der Waals surface area contributed by atoms with Crippen molar-refractivity contribution >= 4 is 10.1 Å². The Morgan fingerprint density at radius 3 is 2.53 bits per heavy atom. The Morgan fingerprint density at radius 2 is 2.00 bits per heavy atom. The SMILES string of the molecule is O=S(=O)(O)C(Cc1ccccc1)c1nnn[nH]1. The molecule has 17 heavy (non-hydrogen) atoms. The van der Waals surface area contributed by atoms with Gasteiger partial charge in [0, 0.05) is 0 Å². The van der Waals surface area contributed by atoms with E-state index in [1.165, 1.54) is 0 Å². The number of tetrazole rings is 1. The van der Waals surface area contributed by atoms with E-state index in [0.717, 1.165) is 5.56 Å². The standard InChI is InChI=1S/C9H10N4O3S/c14-17(15,16)8(9-10-12-13-11-9)6-7-4-2-1-3-5-7/h1-5,8H,6H2,(H,14,15,16)(H,10,11,12,13). The number of nitrogens with zero attached hydrogens (tertiary/aromatic N) is 3. The number of hydrogen-bond acceptors (Lipinski definition) is 5. The number of benzene rings is 1. The van der Waals surface area contributed by atoms with Crippen molar-refractivity contribution in [2.75, 3.05) is 0 Å². The van der Waals surface area contributed by atoms with Gasteiger partial charge in [-0.15, -0.1) is 5.10 Å². The Labute approximate surface area is 97.6 Å². The van der Waals surface area contributed by atoms with E-state index in [2.05, 4.69) is 20.6 Å². The zero-order valence-corrected chi connectivity index (χ0v) is 9.50. The Morgan fingerprint density at radius 1 is 1.29 bits per heavy atom. The van der Waals surface area contributed by atoms with Crippen LogP contribution in [0.2, 0.25) is 0 Å². The molecule has 7 nitrogen and oxygen atoms in total. The largest absolute Gasteiger partial charge is 0.285 e. The summed E-state index contributed by atoms with van der Waals surface area (Å²) in [5.41, 5.74) is 0.770. The van der Waals surface area contributed by atoms with Gasteiger partial charge in [-0.05, 0) is 22.4 Å². The highest BCUT2D eigenvalue weighted by Crippen LogP contribution is 2.22. The molecular weight excluding hydrogens is 244 g/mol. The minimum atomic E-state index is -4.26. The third-order valence-electron chi connectivity index (χ3n) is 2.29. The number of H-pyrrole nitrogens is 1. The second-order valence-corrected chi connectivity index (χ2v) is 5.08. The van der Waals surface area contributed by atoms with E-state index in [-0.39, 0.29) is 12.2 Å². The molecular formula is C9H10N4O3S. The molecule has 1 aromatic heterocycles. The van der Waals surface area contributed by atoms with Crippen molar-refractivity contribution in [3.63, 3.8) is 0 Å². The molecule has 0 spiro atoms. The Bertz CT molecular complexity index is 568. The molecule has 0 saturated heterocycles. The predicted octanol–water partition coefficient (Wildman–Crippen LogP) is 0.371. The van der Waals surface area contributed by atoms with E-state index in [9.17, 15) is 8.42 Å². The summed E-state index contributed by atoms with van der Waals surface area (Å²) < 4.78 is 31.7. The summed E-state index contributed by atoms with van der Waals surface area (Å²) in [4.78, 5) is 0. The highest BCUT2D eigenvalue weighted by Gasteiger charge is 2.28. The van der Waals surface area contributed by atoms with Gasteiger partial charge in [0.05, 0.1) is 0 Å². The summed E-state index contributed by atoms with van der Waals surface area (Å²) in [5, 5.41) is 11.3. The van der Waals surface area contributed by atoms with Gasteiger partial charge in [0.25, 0.3) is 10.1 Å². The zero-order valence-electron chi connectivity index (χ0n) is 8.68. The Hall–Kier alpha value is -1.80. The molecule has 2 rings (SSSR count). The maximum atomic E-state index is 11.3. The van der Waals surface area contributed by atoms with Crippen molar-refractivity contribution in [1.29, 1.82) is 0 Å². The van der Waals surface area contributed by atoms with Crippen molar-refractivity contribution in [1.82, 2.24) is 20.6 Å². The molecule has 0 aliphatic rings. The molecule has 8 heteroatoms. The molecule has 90 valence electrons. The van der Waals surface area contributed by atoms with Crippen LogP contribution in [0.3, 0.4) is 0 Å². The topological polar surface area (TPSA) is 109 Å². The van der Waals surface area contributed by atoms with Crippen LogP contribution in [0.1, 0.15) is 16.6 Å². The number of hydrogen-bond donors (Lipinski definition) is 2. The van der Waals surface area contributed by atoms with Gasteiger partial charge in [-0.1, -0.05) is 30.3 Å². The lowest BCUT2D eigenvalue weighted by molar-refractivity contribution is 0.464. The van der Waals surface area contributed by atoms with E-state index in [4.69, 9.17) is 4.55 Å². The second-order valence-electron chi connectivity index (χ2n) is 3.48. The first kappa shape index (κ1) is 11.7. The van der Waals surface area contributed by atoms with E-state index in [0.29, 0.717) is 0 Å². The van der Waals surface area contributed by atoms with Crippen molar-refractivity contribution < 1.29 is 13.0 Å². The molecule has 0 aliphatic heterocycles. The second kappa shape index (κ2) is 4.60. The quantitative estimate of drug-likeness (QED) is 0.763. The minimum absolute atomic E-state index is 0.0244. The highest BCUT2D eigenvalue weighted by atomic mass is 32.2. The van der Waals surface area contributed by atoms with Crippen LogP contribution in [-0.4, -0.2) is 33.6 Å². The van der Waals surface area contributed by atoms with Crippen LogP contribution in [0.5, 0.6) is 0 Å². The monoisotopic (exact) mass is 254 g/mol. The molecule has 1 atom stereocenters. The van der Waals surface area contributed by atoms with E-state index in [1.807, 2.05) is 6.07 Å². The lowest BCUT2D eigenvalue weighted by Gasteiger charge is -2.10. The van der Waals surface area contributed by atoms with Gasteiger partial charge in [0.1, 0.15) is 0 Å². The van der Waals surface area contributed by atoms with Crippen LogP contribution in [0.15, 0.2) is 30.3 Å². The minimum Gasteiger partial charge on any atom is -0.285 e. The summed E-state index contributed by atoms with van der Waals surface area (Å²) in [6, 6.07) is 8.93. The van der Waals surface area contributed by atoms with Gasteiger partial charge in [0.15, 0.2) is 11.1 Å². The Balaban J connectivity index is 2.31. The van der Waals surface area contributed by atoms with Crippen molar-refractivity contribution in [3.8, 4) is 0 Å². The molecule has 0 aliphatic carbocycles. The molecule has 0 bridgehead atoms. The number of aromatic amines is 1. The third kappa shape index (κ3) is 2.86. The normalized spacial score (nSPS) is 13.5. The molecule has 1 unspecified atom stereocenters. The van der Waals surface area contributed by atoms with Gasteiger partial charge in [-0.3, -0.25) is 4.55 Å². The van der Waals surface area contributed by atoms with Crippen LogP contribution in [-0.2, 0) is 16.5 Å². The maximum absolute atomic E-state index is 11.3. The van der Waals surface area contributed by atoms with E-state index < -0.39 is 15.4 Å². The summed E-state index contributed by atoms with van der Waals surface area (Å²) >= 11 is 0. The van der Waals surface area contributed by atoms with Gasteiger partial charge >= 0.3 is 0 Å². The number of rotatable bonds is 4. The van der Waals surface area contributed by atoms with Crippen molar-refractivity contribution in [2.45, 2.75) is 11.7 Å². The predicted molar refractivity (Wildman–Crippen MR) is 58.6 cm³/mol. The zero-order chi connectivity index (χ0) is 12.3. The van der Waals surface area contributed by atoms with Crippen LogP contribution in [0.4, 0.5) is 0 Å². The van der Waals surface area contributed by atoms with Crippen LogP contribution >= 0.6 is 0 Å². The maximum Gasteiger partial charge on any atom is 0.275 e. The van der Waals surface area contributed by atoms with Gasteiger partial charge in [0.2, 0.25) is 0 Å². The Kier molecular flexibility index (Phi) is 3.16. The highest BCUT2D eigenvalue weighted by molar-refractivity contribution is 7.86. The fraction of sp³-hybridized carbons (Fsp3) is 0.222. The van der Waals surface area contributed by atoms with Crippen LogP contribution < -0.4 is 0 Å². The van der Waals surface area contributed by atoms with Gasteiger partial charge < -0.3 is 0 Å². The lowest BCUT2D eigenvalue weighted by Crippen LogP contribution is -2.16.